The second-order valence-electron chi connectivity index (χ2n) is 12.1. The second kappa shape index (κ2) is 10.6. The van der Waals surface area contributed by atoms with Gasteiger partial charge in [0.2, 0.25) is 17.7 Å². The zero-order valence-electron chi connectivity index (χ0n) is 24.1. The minimum absolute atomic E-state index is 0.108. The number of aliphatic hydroxyl groups excluding tert-OH is 1. The van der Waals surface area contributed by atoms with E-state index in [9.17, 15) is 19.5 Å². The first-order valence-electron chi connectivity index (χ1n) is 14.4. The molecule has 5 rings (SSSR count). The van der Waals surface area contributed by atoms with Crippen molar-refractivity contribution < 1.29 is 24.2 Å². The Labute approximate surface area is 236 Å². The number of aryl methyl sites for hydroxylation is 2. The Morgan fingerprint density at radius 3 is 2.48 bits per heavy atom. The first kappa shape index (κ1) is 28.3. The number of benzene rings is 2. The number of fused-ring (bicyclic) bond motifs is 1. The molecule has 8 nitrogen and oxygen atoms in total. The van der Waals surface area contributed by atoms with Crippen molar-refractivity contribution in [2.24, 2.45) is 17.8 Å². The van der Waals surface area contributed by atoms with Crippen molar-refractivity contribution in [3.63, 3.8) is 0 Å². The van der Waals surface area contributed by atoms with Crippen LogP contribution in [0.4, 0.5) is 5.69 Å². The van der Waals surface area contributed by atoms with Crippen molar-refractivity contribution in [3.8, 4) is 0 Å². The smallest absolute Gasteiger partial charge is 0.250 e. The van der Waals surface area contributed by atoms with Crippen LogP contribution in [0.15, 0.2) is 48.5 Å². The predicted molar refractivity (Wildman–Crippen MR) is 152 cm³/mol. The minimum Gasteiger partial charge on any atom is -0.394 e. The molecule has 2 unspecified atom stereocenters. The number of carbonyl (C=O) groups excluding carboxylic acids is 3. The van der Waals surface area contributed by atoms with E-state index in [0.717, 1.165) is 16.7 Å². The summed E-state index contributed by atoms with van der Waals surface area (Å²) in [6, 6.07) is 13.9. The molecule has 2 aromatic carbocycles. The van der Waals surface area contributed by atoms with Gasteiger partial charge >= 0.3 is 0 Å². The summed E-state index contributed by atoms with van der Waals surface area (Å²) in [4.78, 5) is 44.0. The van der Waals surface area contributed by atoms with Gasteiger partial charge in [-0.2, -0.15) is 0 Å². The highest BCUT2D eigenvalue weighted by Gasteiger charge is 2.79. The van der Waals surface area contributed by atoms with Crippen LogP contribution in [0.1, 0.15) is 56.7 Å². The molecule has 3 heterocycles. The third-order valence-electron chi connectivity index (χ3n) is 9.42. The number of ether oxygens (including phenoxy) is 1. The Hall–Kier alpha value is -3.23. The molecule has 3 amide bonds. The lowest BCUT2D eigenvalue weighted by molar-refractivity contribution is -0.150. The number of rotatable bonds is 9. The van der Waals surface area contributed by atoms with Crippen LogP contribution in [-0.4, -0.2) is 57.6 Å². The average Bonchev–Trinajstić information content (AvgIpc) is 3.54. The lowest BCUT2D eigenvalue weighted by Crippen LogP contribution is -2.57. The van der Waals surface area contributed by atoms with Crippen molar-refractivity contribution in [2.45, 2.75) is 83.7 Å². The molecule has 2 bridgehead atoms. The molecule has 0 radical (unpaired) electrons. The van der Waals surface area contributed by atoms with E-state index in [2.05, 4.69) is 10.6 Å². The van der Waals surface area contributed by atoms with Gasteiger partial charge in [0, 0.05) is 12.2 Å². The Bertz CT molecular complexity index is 1300. The van der Waals surface area contributed by atoms with Crippen molar-refractivity contribution in [1.82, 2.24) is 10.2 Å². The number of likely N-dealkylation sites (tertiary alicyclic amines) is 1. The van der Waals surface area contributed by atoms with Gasteiger partial charge in [-0.3, -0.25) is 14.4 Å². The lowest BCUT2D eigenvalue weighted by atomic mass is 9.65. The molecule has 214 valence electrons. The summed E-state index contributed by atoms with van der Waals surface area (Å²) >= 11 is 0. The summed E-state index contributed by atoms with van der Waals surface area (Å²) in [5, 5.41) is 16.5. The Morgan fingerprint density at radius 2 is 1.82 bits per heavy atom. The van der Waals surface area contributed by atoms with Gasteiger partial charge in [0.25, 0.3) is 0 Å². The second-order valence-corrected chi connectivity index (χ2v) is 12.1. The standard InChI is InChI=1S/C32H41N3O5/c1-6-31-14-15-32(40-31)26(25(31)28(37)33-17-22-10-8-7-9-11-22)30(39)35(24(18-36)19(2)3)27(32)29(38)34-23-16-20(4)12-13-21(23)5/h7-13,16,19,24-27,36H,6,14-15,17-18H2,1-5H3,(H,33,37)(H,34,38)/t24-,25+,26-,27?,31-,32?/m0/s1. The Balaban J connectivity index is 1.54. The molecule has 3 fully saturated rings. The summed E-state index contributed by atoms with van der Waals surface area (Å²) < 4.78 is 6.84. The highest BCUT2D eigenvalue weighted by atomic mass is 16.5. The van der Waals surface area contributed by atoms with Crippen LogP contribution in [0.2, 0.25) is 0 Å². The van der Waals surface area contributed by atoms with Crippen molar-refractivity contribution in [2.75, 3.05) is 11.9 Å². The van der Waals surface area contributed by atoms with Crippen LogP contribution in [0.25, 0.3) is 0 Å². The van der Waals surface area contributed by atoms with E-state index in [1.165, 1.54) is 4.90 Å². The Morgan fingerprint density at radius 1 is 1.10 bits per heavy atom. The zero-order valence-corrected chi connectivity index (χ0v) is 24.1. The van der Waals surface area contributed by atoms with Crippen LogP contribution in [-0.2, 0) is 25.7 Å². The fourth-order valence-electron chi connectivity index (χ4n) is 7.30. The number of nitrogens with one attached hydrogen (secondary N) is 2. The van der Waals surface area contributed by atoms with E-state index in [-0.39, 0.29) is 30.2 Å². The predicted octanol–water partition coefficient (Wildman–Crippen LogP) is 3.73. The topological polar surface area (TPSA) is 108 Å². The lowest BCUT2D eigenvalue weighted by Gasteiger charge is -2.38. The molecule has 0 saturated carbocycles. The van der Waals surface area contributed by atoms with E-state index in [0.29, 0.717) is 31.5 Å². The number of nitrogens with zero attached hydrogens (tertiary/aromatic N) is 1. The summed E-state index contributed by atoms with van der Waals surface area (Å²) in [5.41, 5.74) is 1.59. The Kier molecular flexibility index (Phi) is 7.52. The minimum atomic E-state index is -1.15. The first-order chi connectivity index (χ1) is 19.1. The van der Waals surface area contributed by atoms with Gasteiger partial charge in [-0.1, -0.05) is 63.2 Å². The molecule has 3 aliphatic heterocycles. The first-order valence-corrected chi connectivity index (χ1v) is 14.4. The molecule has 8 heteroatoms. The fraction of sp³-hybridized carbons (Fsp3) is 0.531. The van der Waals surface area contributed by atoms with Crippen LogP contribution in [0, 0.1) is 31.6 Å². The van der Waals surface area contributed by atoms with Crippen molar-refractivity contribution in [3.05, 3.63) is 65.2 Å². The number of hydrogen-bond acceptors (Lipinski definition) is 5. The van der Waals surface area contributed by atoms with Gasteiger partial charge in [-0.25, -0.2) is 0 Å². The molecule has 40 heavy (non-hydrogen) atoms. The normalized spacial score (nSPS) is 29.5. The summed E-state index contributed by atoms with van der Waals surface area (Å²) in [6.07, 6.45) is 1.64. The number of carbonyl (C=O) groups is 3. The molecular formula is C32H41N3O5. The maximum absolute atomic E-state index is 14.4. The van der Waals surface area contributed by atoms with Crippen molar-refractivity contribution in [1.29, 1.82) is 0 Å². The van der Waals surface area contributed by atoms with Crippen LogP contribution in [0.3, 0.4) is 0 Å². The highest BCUT2D eigenvalue weighted by Crippen LogP contribution is 2.64. The number of amides is 3. The molecule has 3 N–H and O–H groups in total. The van der Waals surface area contributed by atoms with E-state index in [1.54, 1.807) is 0 Å². The SMILES string of the molecule is CC[C@@]12CCC3(O1)C(C(=O)Nc1cc(C)ccc1C)N([C@@H](CO)C(C)C)C(=O)[C@@H]3[C@@H]2C(=O)NCc1ccccc1. The van der Waals surface area contributed by atoms with Crippen molar-refractivity contribution >= 4 is 23.4 Å². The molecular weight excluding hydrogens is 506 g/mol. The fourth-order valence-corrected chi connectivity index (χ4v) is 7.30. The van der Waals surface area contributed by atoms with Crippen LogP contribution in [0.5, 0.6) is 0 Å². The average molecular weight is 548 g/mol. The number of anilines is 1. The van der Waals surface area contributed by atoms with Crippen LogP contribution >= 0.6 is 0 Å². The third kappa shape index (κ3) is 4.41. The maximum atomic E-state index is 14.4. The van der Waals surface area contributed by atoms with Gasteiger partial charge in [0.15, 0.2) is 0 Å². The summed E-state index contributed by atoms with van der Waals surface area (Å²) in [7, 11) is 0. The van der Waals surface area contributed by atoms with E-state index < -0.39 is 35.1 Å². The van der Waals surface area contributed by atoms with Gasteiger partial charge in [-0.05, 0) is 61.8 Å². The van der Waals surface area contributed by atoms with E-state index in [4.69, 9.17) is 4.74 Å². The molecule has 2 aromatic rings. The summed E-state index contributed by atoms with van der Waals surface area (Å²) in [6.45, 7) is 9.77. The maximum Gasteiger partial charge on any atom is 0.250 e. The molecule has 0 aliphatic carbocycles. The highest BCUT2D eigenvalue weighted by molar-refractivity contribution is 6.04. The van der Waals surface area contributed by atoms with Gasteiger partial charge in [-0.15, -0.1) is 0 Å². The van der Waals surface area contributed by atoms with Crippen LogP contribution < -0.4 is 10.6 Å². The van der Waals surface area contributed by atoms with Gasteiger partial charge in [0.1, 0.15) is 11.6 Å². The van der Waals surface area contributed by atoms with Gasteiger partial charge < -0.3 is 25.4 Å². The van der Waals surface area contributed by atoms with E-state index >= 15 is 0 Å². The molecule has 6 atom stereocenters. The molecule has 3 saturated heterocycles. The largest absolute Gasteiger partial charge is 0.394 e. The van der Waals surface area contributed by atoms with Gasteiger partial charge in [0.05, 0.1) is 30.1 Å². The number of hydrogen-bond donors (Lipinski definition) is 3. The summed E-state index contributed by atoms with van der Waals surface area (Å²) in [5.74, 6) is -2.51. The molecule has 0 aromatic heterocycles. The number of aliphatic hydroxyl groups is 1. The molecule has 1 spiro atoms. The third-order valence-corrected chi connectivity index (χ3v) is 9.42. The monoisotopic (exact) mass is 547 g/mol. The molecule has 3 aliphatic rings. The quantitative estimate of drug-likeness (QED) is 0.444. The zero-order chi connectivity index (χ0) is 28.8. The van der Waals surface area contributed by atoms with E-state index in [1.807, 2.05) is 83.1 Å².